The maximum absolute atomic E-state index is 13.7. The summed E-state index contributed by atoms with van der Waals surface area (Å²) in [5.41, 5.74) is -0.0410. The Morgan fingerprint density at radius 1 is 1.14 bits per heavy atom. The zero-order valence-electron chi connectivity index (χ0n) is 17.6. The quantitative estimate of drug-likeness (QED) is 0.513. The number of nitrogens with one attached hydrogen (secondary N) is 3. The summed E-state index contributed by atoms with van der Waals surface area (Å²) in [6, 6.07) is 3.97. The second kappa shape index (κ2) is 10.4. The van der Waals surface area contributed by atoms with Gasteiger partial charge in [-0.1, -0.05) is 6.07 Å². The third-order valence-electron chi connectivity index (χ3n) is 4.71. The Labute approximate surface area is 171 Å². The Hall–Kier alpha value is -2.38. The van der Waals surface area contributed by atoms with E-state index in [0.717, 1.165) is 31.7 Å². The lowest BCUT2D eigenvalue weighted by Gasteiger charge is -2.31. The molecule has 1 aliphatic rings. The number of alkyl carbamates (subject to hydrolysis) is 1. The molecule has 1 aromatic rings. The molecule has 0 unspecified atom stereocenters. The maximum Gasteiger partial charge on any atom is 0.407 e. The molecule has 29 heavy (non-hydrogen) atoms. The van der Waals surface area contributed by atoms with Crippen LogP contribution in [0.25, 0.3) is 0 Å². The van der Waals surface area contributed by atoms with Gasteiger partial charge >= 0.3 is 6.09 Å². The highest BCUT2D eigenvalue weighted by atomic mass is 19.1. The highest BCUT2D eigenvalue weighted by Crippen LogP contribution is 2.19. The Morgan fingerprint density at radius 3 is 2.31 bits per heavy atom. The van der Waals surface area contributed by atoms with Crippen LogP contribution >= 0.6 is 0 Å². The third-order valence-corrected chi connectivity index (χ3v) is 4.71. The first-order valence-corrected chi connectivity index (χ1v) is 10.1. The second-order valence-electron chi connectivity index (χ2n) is 8.32. The molecule has 3 N–H and O–H groups in total. The van der Waals surface area contributed by atoms with Gasteiger partial charge < -0.3 is 20.7 Å². The molecule has 1 aliphatic carbocycles. The van der Waals surface area contributed by atoms with Gasteiger partial charge in [-0.2, -0.15) is 0 Å². The van der Waals surface area contributed by atoms with E-state index in [0.29, 0.717) is 24.5 Å². The van der Waals surface area contributed by atoms with Crippen LogP contribution in [0.1, 0.15) is 52.0 Å². The van der Waals surface area contributed by atoms with Gasteiger partial charge in [-0.25, -0.2) is 13.6 Å². The largest absolute Gasteiger partial charge is 0.444 e. The van der Waals surface area contributed by atoms with Crippen LogP contribution in [0, 0.1) is 11.6 Å². The number of carbonyl (C=O) groups is 1. The lowest BCUT2D eigenvalue weighted by atomic mass is 9.91. The highest BCUT2D eigenvalue weighted by molar-refractivity contribution is 5.80. The van der Waals surface area contributed by atoms with Crippen molar-refractivity contribution in [2.24, 2.45) is 4.99 Å². The van der Waals surface area contributed by atoms with Crippen LogP contribution < -0.4 is 16.0 Å². The van der Waals surface area contributed by atoms with Gasteiger partial charge in [-0.3, -0.25) is 4.99 Å². The molecular weight excluding hydrogens is 378 g/mol. The van der Waals surface area contributed by atoms with Crippen molar-refractivity contribution in [1.29, 1.82) is 0 Å². The molecule has 1 aromatic carbocycles. The van der Waals surface area contributed by atoms with Gasteiger partial charge in [0.15, 0.2) is 5.96 Å². The molecule has 1 fully saturated rings. The van der Waals surface area contributed by atoms with Crippen LogP contribution in [-0.4, -0.2) is 43.3 Å². The number of ether oxygens (including phenoxy) is 1. The predicted octanol–water partition coefficient (Wildman–Crippen LogP) is 3.51. The van der Waals surface area contributed by atoms with Crippen molar-refractivity contribution in [2.75, 3.05) is 13.6 Å². The van der Waals surface area contributed by atoms with E-state index >= 15 is 0 Å². The van der Waals surface area contributed by atoms with E-state index in [4.69, 9.17) is 4.74 Å². The fraction of sp³-hybridized carbons (Fsp3) is 0.619. The van der Waals surface area contributed by atoms with Crippen LogP contribution in [0.15, 0.2) is 23.2 Å². The van der Waals surface area contributed by atoms with Crippen LogP contribution in [0.5, 0.6) is 0 Å². The SMILES string of the molecule is CN=C(NCCc1ccc(F)cc1F)NC1CCC(NC(=O)OC(C)(C)C)CC1. The molecule has 0 aromatic heterocycles. The van der Waals surface area contributed by atoms with E-state index in [1.54, 1.807) is 7.05 Å². The predicted molar refractivity (Wildman–Crippen MR) is 110 cm³/mol. The average molecular weight is 411 g/mol. The number of halogens is 2. The molecule has 0 atom stereocenters. The molecule has 0 aliphatic heterocycles. The van der Waals surface area contributed by atoms with Gasteiger partial charge in [0.05, 0.1) is 0 Å². The lowest BCUT2D eigenvalue weighted by molar-refractivity contribution is 0.0490. The van der Waals surface area contributed by atoms with Crippen LogP contribution in [0.4, 0.5) is 13.6 Å². The number of amides is 1. The van der Waals surface area contributed by atoms with E-state index in [1.165, 1.54) is 12.1 Å². The van der Waals surface area contributed by atoms with Crippen molar-refractivity contribution >= 4 is 12.1 Å². The molecule has 6 nitrogen and oxygen atoms in total. The van der Waals surface area contributed by atoms with Crippen LogP contribution in [0.3, 0.4) is 0 Å². The summed E-state index contributed by atoms with van der Waals surface area (Å²) in [5.74, 6) is -0.463. The minimum absolute atomic E-state index is 0.110. The molecule has 162 valence electrons. The number of nitrogens with zero attached hydrogens (tertiary/aromatic N) is 1. The first kappa shape index (κ1) is 22.9. The van der Waals surface area contributed by atoms with Gasteiger partial charge in [0.1, 0.15) is 17.2 Å². The lowest BCUT2D eigenvalue weighted by Crippen LogP contribution is -2.48. The average Bonchev–Trinajstić information content (AvgIpc) is 2.62. The van der Waals surface area contributed by atoms with Crippen molar-refractivity contribution in [3.05, 3.63) is 35.4 Å². The Morgan fingerprint density at radius 2 is 1.76 bits per heavy atom. The zero-order chi connectivity index (χ0) is 21.4. The maximum atomic E-state index is 13.7. The molecule has 0 spiro atoms. The van der Waals surface area contributed by atoms with Gasteiger partial charge in [-0.05, 0) is 64.5 Å². The van der Waals surface area contributed by atoms with Gasteiger partial charge in [0, 0.05) is 31.7 Å². The fourth-order valence-electron chi connectivity index (χ4n) is 3.28. The topological polar surface area (TPSA) is 74.8 Å². The molecule has 0 heterocycles. The van der Waals surface area contributed by atoms with E-state index in [2.05, 4.69) is 20.9 Å². The summed E-state index contributed by atoms with van der Waals surface area (Å²) in [7, 11) is 1.68. The molecule has 0 saturated heterocycles. The summed E-state index contributed by atoms with van der Waals surface area (Å²) in [4.78, 5) is 16.1. The van der Waals surface area contributed by atoms with Gasteiger partial charge in [-0.15, -0.1) is 0 Å². The molecule has 0 radical (unpaired) electrons. The molecular formula is C21H32F2N4O2. The summed E-state index contributed by atoms with van der Waals surface area (Å²) >= 11 is 0. The van der Waals surface area contributed by atoms with Gasteiger partial charge in [0.2, 0.25) is 0 Å². The molecule has 1 amide bonds. The van der Waals surface area contributed by atoms with E-state index in [1.807, 2.05) is 20.8 Å². The number of rotatable bonds is 5. The third kappa shape index (κ3) is 8.25. The standard InChI is InChI=1S/C21H32F2N4O2/c1-21(2,3)29-20(28)27-17-9-7-16(8-10-17)26-19(24-4)25-12-11-14-5-6-15(22)13-18(14)23/h5-6,13,16-17H,7-12H2,1-4H3,(H,27,28)(H2,24,25,26). The second-order valence-corrected chi connectivity index (χ2v) is 8.32. The summed E-state index contributed by atoms with van der Waals surface area (Å²) in [6.45, 7) is 6.02. The fourth-order valence-corrected chi connectivity index (χ4v) is 3.28. The number of hydrogen-bond acceptors (Lipinski definition) is 3. The van der Waals surface area contributed by atoms with E-state index < -0.39 is 17.2 Å². The van der Waals surface area contributed by atoms with E-state index in [-0.39, 0.29) is 18.2 Å². The van der Waals surface area contributed by atoms with Crippen LogP contribution in [-0.2, 0) is 11.2 Å². The number of aliphatic imine (C=N–C) groups is 1. The minimum Gasteiger partial charge on any atom is -0.444 e. The van der Waals surface area contributed by atoms with Crippen molar-refractivity contribution in [3.8, 4) is 0 Å². The number of guanidine groups is 1. The smallest absolute Gasteiger partial charge is 0.407 e. The molecule has 2 rings (SSSR count). The Bertz CT molecular complexity index is 711. The Balaban J connectivity index is 1.70. The zero-order valence-corrected chi connectivity index (χ0v) is 17.6. The minimum atomic E-state index is -0.576. The van der Waals surface area contributed by atoms with Crippen molar-refractivity contribution < 1.29 is 18.3 Å². The summed E-state index contributed by atoms with van der Waals surface area (Å²) < 4.78 is 32.0. The van der Waals surface area contributed by atoms with Crippen molar-refractivity contribution in [1.82, 2.24) is 16.0 Å². The van der Waals surface area contributed by atoms with Crippen molar-refractivity contribution in [3.63, 3.8) is 0 Å². The number of benzene rings is 1. The monoisotopic (exact) mass is 410 g/mol. The Kier molecular flexibility index (Phi) is 8.22. The first-order valence-electron chi connectivity index (χ1n) is 10.1. The highest BCUT2D eigenvalue weighted by Gasteiger charge is 2.25. The first-order chi connectivity index (χ1) is 13.7. The normalized spacial score (nSPS) is 20.1. The molecule has 8 heteroatoms. The molecule has 1 saturated carbocycles. The van der Waals surface area contributed by atoms with E-state index in [9.17, 15) is 13.6 Å². The van der Waals surface area contributed by atoms with Gasteiger partial charge in [0.25, 0.3) is 0 Å². The number of carbonyl (C=O) groups excluding carboxylic acids is 1. The van der Waals surface area contributed by atoms with Crippen molar-refractivity contribution in [2.45, 2.75) is 70.6 Å². The number of hydrogen-bond donors (Lipinski definition) is 3. The molecule has 0 bridgehead atoms. The van der Waals surface area contributed by atoms with Crippen LogP contribution in [0.2, 0.25) is 0 Å². The summed E-state index contributed by atoms with van der Waals surface area (Å²) in [6.07, 6.45) is 3.56. The summed E-state index contributed by atoms with van der Waals surface area (Å²) in [5, 5.41) is 9.46.